The fourth-order valence-corrected chi connectivity index (χ4v) is 2.13. The molecule has 0 atom stereocenters. The number of rotatable bonds is 4. The number of carboxylic acid groups (broad SMARTS) is 1. The third-order valence-corrected chi connectivity index (χ3v) is 3.22. The van der Waals surface area contributed by atoms with Gasteiger partial charge >= 0.3 is 5.97 Å². The van der Waals surface area contributed by atoms with Gasteiger partial charge in [0.1, 0.15) is 11.5 Å². The molecule has 2 aromatic heterocycles. The Balaban J connectivity index is 1.89. The van der Waals surface area contributed by atoms with Crippen molar-refractivity contribution < 1.29 is 14.3 Å². The minimum Gasteiger partial charge on any atom is -0.478 e. The maximum absolute atomic E-state index is 10.7. The molecule has 0 unspecified atom stereocenters. The first-order valence-corrected chi connectivity index (χ1v) is 6.75. The molecule has 0 aliphatic heterocycles. The van der Waals surface area contributed by atoms with Gasteiger partial charge in [-0.1, -0.05) is 18.2 Å². The van der Waals surface area contributed by atoms with Crippen LogP contribution in [-0.2, 0) is 4.79 Å². The highest BCUT2D eigenvalue weighted by Crippen LogP contribution is 2.26. The molecule has 0 radical (unpaired) electrons. The Morgan fingerprint density at radius 1 is 1.23 bits per heavy atom. The molecule has 0 aliphatic rings. The molecule has 0 aliphatic carbocycles. The Morgan fingerprint density at radius 2 is 2.00 bits per heavy atom. The molecular weight excluding hydrogens is 280 g/mol. The van der Waals surface area contributed by atoms with E-state index in [9.17, 15) is 4.79 Å². The molecule has 1 aromatic carbocycles. The summed E-state index contributed by atoms with van der Waals surface area (Å²) in [6.07, 6.45) is 4.70. The van der Waals surface area contributed by atoms with E-state index >= 15 is 0 Å². The van der Waals surface area contributed by atoms with Crippen LogP contribution in [0.2, 0.25) is 0 Å². The first-order chi connectivity index (χ1) is 10.6. The highest BCUT2D eigenvalue weighted by Gasteiger charge is 2.09. The van der Waals surface area contributed by atoms with Gasteiger partial charge in [0.15, 0.2) is 0 Å². The van der Waals surface area contributed by atoms with Gasteiger partial charge in [-0.15, -0.1) is 0 Å². The molecule has 2 heterocycles. The Hall–Kier alpha value is -3.08. The van der Waals surface area contributed by atoms with Crippen molar-refractivity contribution in [2.45, 2.75) is 6.92 Å². The smallest absolute Gasteiger partial charge is 0.328 e. The number of benzene rings is 1. The van der Waals surface area contributed by atoms with Crippen molar-refractivity contribution in [3.63, 3.8) is 0 Å². The van der Waals surface area contributed by atoms with Crippen molar-refractivity contribution in [1.82, 2.24) is 9.78 Å². The molecule has 22 heavy (non-hydrogen) atoms. The van der Waals surface area contributed by atoms with E-state index in [0.29, 0.717) is 17.1 Å². The average molecular weight is 294 g/mol. The Bertz CT molecular complexity index is 828. The van der Waals surface area contributed by atoms with Crippen LogP contribution < -0.4 is 0 Å². The lowest BCUT2D eigenvalue weighted by atomic mass is 10.2. The highest BCUT2D eigenvalue weighted by atomic mass is 16.4. The molecule has 0 saturated carbocycles. The summed E-state index contributed by atoms with van der Waals surface area (Å²) in [4.78, 5) is 10.7. The van der Waals surface area contributed by atoms with Crippen LogP contribution in [0.15, 0.2) is 65.4 Å². The number of hydrogen-bond acceptors (Lipinski definition) is 3. The second-order valence-electron chi connectivity index (χ2n) is 4.84. The Labute approximate surface area is 127 Å². The van der Waals surface area contributed by atoms with E-state index < -0.39 is 5.97 Å². The maximum Gasteiger partial charge on any atom is 0.328 e. The minimum absolute atomic E-state index is 0.532. The fraction of sp³-hybridized carbons (Fsp3) is 0.0588. The minimum atomic E-state index is -0.993. The zero-order valence-corrected chi connectivity index (χ0v) is 11.9. The molecule has 110 valence electrons. The van der Waals surface area contributed by atoms with Crippen molar-refractivity contribution in [2.75, 3.05) is 0 Å². The summed E-state index contributed by atoms with van der Waals surface area (Å²) in [6.45, 7) is 1.70. The molecule has 0 fully saturated rings. The number of nitrogens with zero attached hydrogens (tertiary/aromatic N) is 2. The molecule has 3 aromatic rings. The van der Waals surface area contributed by atoms with Gasteiger partial charge in [0.2, 0.25) is 0 Å². The molecule has 5 heteroatoms. The van der Waals surface area contributed by atoms with E-state index in [0.717, 1.165) is 17.3 Å². The lowest BCUT2D eigenvalue weighted by Gasteiger charge is -1.98. The zero-order chi connectivity index (χ0) is 15.5. The van der Waals surface area contributed by atoms with Crippen LogP contribution in [0.4, 0.5) is 0 Å². The molecule has 0 spiro atoms. The van der Waals surface area contributed by atoms with Crippen LogP contribution in [0, 0.1) is 0 Å². The van der Waals surface area contributed by atoms with E-state index in [1.165, 1.54) is 0 Å². The quantitative estimate of drug-likeness (QED) is 0.746. The lowest BCUT2D eigenvalue weighted by Crippen LogP contribution is -1.92. The lowest BCUT2D eigenvalue weighted by molar-refractivity contribution is -0.131. The van der Waals surface area contributed by atoms with Crippen LogP contribution in [0.1, 0.15) is 12.7 Å². The van der Waals surface area contributed by atoms with E-state index in [1.54, 1.807) is 29.9 Å². The second kappa shape index (κ2) is 5.73. The standard InChI is InChI=1S/C17H14N2O3/c1-12(9-17(20)21)15-7-8-16(22-15)13-10-18-19(11-13)14-5-3-2-4-6-14/h2-11H,1H3,(H,20,21)/b12-9+. The Morgan fingerprint density at radius 3 is 2.73 bits per heavy atom. The number of allylic oxidation sites excluding steroid dienone is 1. The highest BCUT2D eigenvalue weighted by molar-refractivity contribution is 5.88. The van der Waals surface area contributed by atoms with E-state index in [4.69, 9.17) is 9.52 Å². The van der Waals surface area contributed by atoms with Crippen molar-refractivity contribution in [1.29, 1.82) is 0 Å². The topological polar surface area (TPSA) is 68.3 Å². The first-order valence-electron chi connectivity index (χ1n) is 6.75. The number of furan rings is 1. The summed E-state index contributed by atoms with van der Waals surface area (Å²) in [5.74, 6) is 0.188. The molecule has 0 amide bonds. The predicted octanol–water partition coefficient (Wildman–Crippen LogP) is 3.62. The van der Waals surface area contributed by atoms with Crippen LogP contribution in [0.5, 0.6) is 0 Å². The van der Waals surface area contributed by atoms with Gasteiger partial charge < -0.3 is 9.52 Å². The van der Waals surface area contributed by atoms with Crippen molar-refractivity contribution in [3.05, 3.63) is 66.7 Å². The molecule has 0 saturated heterocycles. The largest absolute Gasteiger partial charge is 0.478 e. The number of carbonyl (C=O) groups is 1. The number of hydrogen-bond donors (Lipinski definition) is 1. The van der Waals surface area contributed by atoms with Crippen LogP contribution >= 0.6 is 0 Å². The van der Waals surface area contributed by atoms with Gasteiger partial charge in [0.25, 0.3) is 0 Å². The van der Waals surface area contributed by atoms with Crippen LogP contribution in [0.3, 0.4) is 0 Å². The fourth-order valence-electron chi connectivity index (χ4n) is 2.13. The zero-order valence-electron chi connectivity index (χ0n) is 11.9. The summed E-state index contributed by atoms with van der Waals surface area (Å²) in [6, 6.07) is 13.3. The summed E-state index contributed by atoms with van der Waals surface area (Å²) in [5, 5.41) is 13.1. The van der Waals surface area contributed by atoms with E-state index in [2.05, 4.69) is 5.10 Å². The van der Waals surface area contributed by atoms with Crippen molar-refractivity contribution in [3.8, 4) is 17.0 Å². The summed E-state index contributed by atoms with van der Waals surface area (Å²) < 4.78 is 7.46. The maximum atomic E-state index is 10.7. The van der Waals surface area contributed by atoms with Gasteiger partial charge in [0, 0.05) is 12.3 Å². The number of aromatic nitrogens is 2. The summed E-state index contributed by atoms with van der Waals surface area (Å²) >= 11 is 0. The molecule has 3 rings (SSSR count). The number of para-hydroxylation sites is 1. The third kappa shape index (κ3) is 2.83. The third-order valence-electron chi connectivity index (χ3n) is 3.22. The van der Waals surface area contributed by atoms with Gasteiger partial charge in [-0.05, 0) is 36.8 Å². The van der Waals surface area contributed by atoms with Crippen LogP contribution in [-0.4, -0.2) is 20.9 Å². The predicted molar refractivity (Wildman–Crippen MR) is 82.6 cm³/mol. The molecular formula is C17H14N2O3. The summed E-state index contributed by atoms with van der Waals surface area (Å²) in [5.41, 5.74) is 2.36. The Kier molecular flexibility index (Phi) is 3.62. The van der Waals surface area contributed by atoms with Crippen LogP contribution in [0.25, 0.3) is 22.6 Å². The normalized spacial score (nSPS) is 11.6. The van der Waals surface area contributed by atoms with E-state index in [1.807, 2.05) is 36.5 Å². The second-order valence-corrected chi connectivity index (χ2v) is 4.84. The van der Waals surface area contributed by atoms with Gasteiger partial charge in [-0.3, -0.25) is 0 Å². The van der Waals surface area contributed by atoms with E-state index in [-0.39, 0.29) is 0 Å². The molecule has 1 N–H and O–H groups in total. The number of carboxylic acids is 1. The number of aliphatic carboxylic acids is 1. The van der Waals surface area contributed by atoms with Crippen molar-refractivity contribution >= 4 is 11.5 Å². The average Bonchev–Trinajstić information content (AvgIpc) is 3.17. The monoisotopic (exact) mass is 294 g/mol. The van der Waals surface area contributed by atoms with Gasteiger partial charge in [-0.2, -0.15) is 5.10 Å². The SMILES string of the molecule is C/C(=C\C(=O)O)c1ccc(-c2cnn(-c3ccccc3)c2)o1. The first kappa shape index (κ1) is 13.9. The van der Waals surface area contributed by atoms with Gasteiger partial charge in [-0.25, -0.2) is 9.48 Å². The van der Waals surface area contributed by atoms with Crippen molar-refractivity contribution in [2.24, 2.45) is 0 Å². The van der Waals surface area contributed by atoms with Gasteiger partial charge in [0.05, 0.1) is 17.4 Å². The molecule has 5 nitrogen and oxygen atoms in total. The summed E-state index contributed by atoms with van der Waals surface area (Å²) in [7, 11) is 0. The molecule has 0 bridgehead atoms.